The van der Waals surface area contributed by atoms with E-state index in [1.165, 1.54) is 7.11 Å². The first-order valence-electron chi connectivity index (χ1n) is 7.83. The molecule has 0 N–H and O–H groups in total. The Morgan fingerprint density at radius 2 is 2.17 bits per heavy atom. The maximum Gasteiger partial charge on any atom is 0.410 e. The van der Waals surface area contributed by atoms with E-state index in [1.54, 1.807) is 16.8 Å². The van der Waals surface area contributed by atoms with Gasteiger partial charge < -0.3 is 19.3 Å². The number of fused-ring (bicyclic) bond motifs is 3. The van der Waals surface area contributed by atoms with Crippen LogP contribution in [0.3, 0.4) is 0 Å². The van der Waals surface area contributed by atoms with Gasteiger partial charge in [0.2, 0.25) is 5.91 Å². The summed E-state index contributed by atoms with van der Waals surface area (Å²) in [5.41, 5.74) is 2.11. The number of hydrogen-bond acceptors (Lipinski definition) is 4. The lowest BCUT2D eigenvalue weighted by molar-refractivity contribution is -0.132. The number of carbonyl (C=O) groups is 2. The van der Waals surface area contributed by atoms with Crippen molar-refractivity contribution in [2.75, 3.05) is 33.9 Å². The third-order valence-electron chi connectivity index (χ3n) is 4.63. The zero-order chi connectivity index (χ0) is 16.6. The number of carbonyl (C=O) groups excluding carboxylic acids is 2. The highest BCUT2D eigenvalue weighted by atomic mass is 16.5. The number of rotatable bonds is 0. The first kappa shape index (κ1) is 15.6. The van der Waals surface area contributed by atoms with E-state index in [4.69, 9.17) is 9.47 Å². The summed E-state index contributed by atoms with van der Waals surface area (Å²) in [5, 5.41) is 0. The van der Waals surface area contributed by atoms with Crippen LogP contribution in [0.5, 0.6) is 5.75 Å². The molecule has 2 atom stereocenters. The van der Waals surface area contributed by atoms with Crippen LogP contribution < -0.4 is 4.74 Å². The van der Waals surface area contributed by atoms with E-state index >= 15 is 0 Å². The molecule has 6 heteroatoms. The highest BCUT2D eigenvalue weighted by Gasteiger charge is 2.40. The molecule has 2 aliphatic rings. The van der Waals surface area contributed by atoms with Gasteiger partial charge in [-0.1, -0.05) is 17.7 Å². The van der Waals surface area contributed by atoms with E-state index in [2.05, 4.69) is 6.07 Å². The summed E-state index contributed by atoms with van der Waals surface area (Å²) in [6.07, 6.45) is -0.0942. The molecular formula is C17H22N2O4. The summed E-state index contributed by atoms with van der Waals surface area (Å²) in [4.78, 5) is 27.8. The maximum absolute atomic E-state index is 12.3. The van der Waals surface area contributed by atoms with Crippen molar-refractivity contribution in [3.8, 4) is 5.75 Å². The van der Waals surface area contributed by atoms with Crippen molar-refractivity contribution in [1.82, 2.24) is 9.80 Å². The van der Waals surface area contributed by atoms with E-state index < -0.39 is 6.09 Å². The van der Waals surface area contributed by atoms with Gasteiger partial charge in [-0.2, -0.15) is 0 Å². The Morgan fingerprint density at radius 1 is 1.39 bits per heavy atom. The van der Waals surface area contributed by atoms with Gasteiger partial charge >= 0.3 is 6.09 Å². The van der Waals surface area contributed by atoms with Crippen molar-refractivity contribution in [2.45, 2.75) is 19.4 Å². The molecule has 3 rings (SSSR count). The van der Waals surface area contributed by atoms with Gasteiger partial charge in [-0.15, -0.1) is 0 Å². The molecule has 124 valence electrons. The van der Waals surface area contributed by atoms with Crippen LogP contribution in [0, 0.1) is 12.8 Å². The average Bonchev–Trinajstić information content (AvgIpc) is 2.54. The zero-order valence-corrected chi connectivity index (χ0v) is 13.7. The molecule has 1 aromatic rings. The van der Waals surface area contributed by atoms with E-state index in [0.717, 1.165) is 16.9 Å². The Labute approximate surface area is 136 Å². The van der Waals surface area contributed by atoms with Gasteiger partial charge in [0.1, 0.15) is 5.75 Å². The van der Waals surface area contributed by atoms with Crippen LogP contribution >= 0.6 is 0 Å². The van der Waals surface area contributed by atoms with Gasteiger partial charge in [0.25, 0.3) is 0 Å². The third-order valence-corrected chi connectivity index (χ3v) is 4.63. The fraction of sp³-hybridized carbons (Fsp3) is 0.529. The van der Waals surface area contributed by atoms with Crippen molar-refractivity contribution in [3.05, 3.63) is 29.3 Å². The van der Waals surface area contributed by atoms with E-state index in [-0.39, 0.29) is 17.9 Å². The molecule has 0 bridgehead atoms. The minimum Gasteiger partial charge on any atom is -0.493 e. The zero-order valence-electron chi connectivity index (χ0n) is 13.7. The summed E-state index contributed by atoms with van der Waals surface area (Å²) in [5.74, 6) is 0.866. The van der Waals surface area contributed by atoms with Gasteiger partial charge in [0, 0.05) is 38.0 Å². The summed E-state index contributed by atoms with van der Waals surface area (Å²) in [6.45, 7) is 3.41. The molecule has 1 aromatic carbocycles. The molecule has 0 unspecified atom stereocenters. The highest BCUT2D eigenvalue weighted by Crippen LogP contribution is 2.41. The maximum atomic E-state index is 12.3. The molecule has 0 aromatic heterocycles. The SMILES string of the molecule is COC(=O)N1CCC(=O)N(C)C[C@H]2COc3ccc(C)cc3[C@H]21. The Morgan fingerprint density at radius 3 is 2.91 bits per heavy atom. The van der Waals surface area contributed by atoms with Crippen molar-refractivity contribution in [3.63, 3.8) is 0 Å². The number of nitrogens with zero attached hydrogens (tertiary/aromatic N) is 2. The normalized spacial score (nSPS) is 24.0. The summed E-state index contributed by atoms with van der Waals surface area (Å²) in [6, 6.07) is 5.87. The van der Waals surface area contributed by atoms with E-state index in [9.17, 15) is 9.59 Å². The Balaban J connectivity index is 2.05. The fourth-order valence-electron chi connectivity index (χ4n) is 3.47. The van der Waals surface area contributed by atoms with E-state index in [0.29, 0.717) is 26.1 Å². The second-order valence-corrected chi connectivity index (χ2v) is 6.24. The Bertz CT molecular complexity index is 631. The van der Waals surface area contributed by atoms with Crippen molar-refractivity contribution in [1.29, 1.82) is 0 Å². The van der Waals surface area contributed by atoms with Crippen molar-refractivity contribution < 1.29 is 19.1 Å². The molecule has 0 saturated carbocycles. The minimum atomic E-state index is -0.397. The quantitative estimate of drug-likeness (QED) is 0.734. The molecular weight excluding hydrogens is 296 g/mol. The number of amides is 2. The van der Waals surface area contributed by atoms with Gasteiger partial charge in [-0.05, 0) is 13.0 Å². The molecule has 0 radical (unpaired) electrons. The molecule has 2 aliphatic heterocycles. The van der Waals surface area contributed by atoms with Gasteiger partial charge in [0.05, 0.1) is 19.8 Å². The predicted molar refractivity (Wildman–Crippen MR) is 84.3 cm³/mol. The second kappa shape index (κ2) is 6.10. The monoisotopic (exact) mass is 318 g/mol. The topological polar surface area (TPSA) is 59.1 Å². The molecule has 1 fully saturated rings. The summed E-state index contributed by atoms with van der Waals surface area (Å²) in [7, 11) is 3.18. The molecule has 23 heavy (non-hydrogen) atoms. The summed E-state index contributed by atoms with van der Waals surface area (Å²) >= 11 is 0. The third kappa shape index (κ3) is 2.85. The Hall–Kier alpha value is -2.24. The first-order valence-corrected chi connectivity index (χ1v) is 7.83. The first-order chi connectivity index (χ1) is 11.0. The summed E-state index contributed by atoms with van der Waals surface area (Å²) < 4.78 is 10.8. The average molecular weight is 318 g/mol. The molecule has 2 heterocycles. The van der Waals surface area contributed by atoms with Gasteiger partial charge in [-0.3, -0.25) is 4.79 Å². The Kier molecular flexibility index (Phi) is 4.15. The van der Waals surface area contributed by atoms with Gasteiger partial charge in [0.15, 0.2) is 0 Å². The van der Waals surface area contributed by atoms with Crippen molar-refractivity contribution in [2.24, 2.45) is 5.92 Å². The number of ether oxygens (including phenoxy) is 2. The number of aryl methyl sites for hydroxylation is 1. The van der Waals surface area contributed by atoms with Crippen LogP contribution in [0.4, 0.5) is 4.79 Å². The lowest BCUT2D eigenvalue weighted by Crippen LogP contribution is -2.50. The highest BCUT2D eigenvalue weighted by molar-refractivity contribution is 5.77. The molecule has 6 nitrogen and oxygen atoms in total. The van der Waals surface area contributed by atoms with Crippen LogP contribution in [0.15, 0.2) is 18.2 Å². The molecule has 1 saturated heterocycles. The fourth-order valence-corrected chi connectivity index (χ4v) is 3.47. The number of hydrogen-bond donors (Lipinski definition) is 0. The smallest absolute Gasteiger partial charge is 0.410 e. The molecule has 2 amide bonds. The largest absolute Gasteiger partial charge is 0.493 e. The van der Waals surface area contributed by atoms with Crippen LogP contribution in [-0.2, 0) is 9.53 Å². The minimum absolute atomic E-state index is 0.0256. The van der Waals surface area contributed by atoms with Crippen LogP contribution in [0.1, 0.15) is 23.6 Å². The van der Waals surface area contributed by atoms with Gasteiger partial charge in [-0.25, -0.2) is 4.79 Å². The van der Waals surface area contributed by atoms with Crippen LogP contribution in [-0.4, -0.2) is 55.7 Å². The lowest BCUT2D eigenvalue weighted by atomic mass is 9.87. The number of methoxy groups -OCH3 is 1. The standard InChI is InChI=1S/C17H22N2O4/c1-11-4-5-14-13(8-11)16-12(10-23-14)9-18(2)15(20)6-7-19(16)17(21)22-3/h4-5,8,12,16H,6-7,9-10H2,1-3H3/t12-,16-/m0/s1. The van der Waals surface area contributed by atoms with E-state index in [1.807, 2.05) is 19.1 Å². The van der Waals surface area contributed by atoms with Crippen LogP contribution in [0.2, 0.25) is 0 Å². The molecule has 0 aliphatic carbocycles. The lowest BCUT2D eigenvalue weighted by Gasteiger charge is -2.43. The predicted octanol–water partition coefficient (Wildman–Crippen LogP) is 1.98. The van der Waals surface area contributed by atoms with Crippen LogP contribution in [0.25, 0.3) is 0 Å². The second-order valence-electron chi connectivity index (χ2n) is 6.24. The van der Waals surface area contributed by atoms with Crippen molar-refractivity contribution >= 4 is 12.0 Å². The number of benzene rings is 1. The molecule has 0 spiro atoms.